The monoisotopic (exact) mass is 230 g/mol. The highest BCUT2D eigenvalue weighted by Gasteiger charge is 2.23. The summed E-state index contributed by atoms with van der Waals surface area (Å²) in [5.74, 6) is 0.534. The molecule has 16 heavy (non-hydrogen) atoms. The normalized spacial score (nSPS) is 21.1. The number of methoxy groups -OCH3 is 1. The third-order valence-corrected chi connectivity index (χ3v) is 2.76. The lowest BCUT2D eigenvalue weighted by Crippen LogP contribution is -2.43. The minimum atomic E-state index is 0.0641. The summed E-state index contributed by atoms with van der Waals surface area (Å²) in [7, 11) is 1.70. The number of hydrogen-bond acceptors (Lipinski definition) is 4. The van der Waals surface area contributed by atoms with Crippen molar-refractivity contribution >= 4 is 5.91 Å². The Morgan fingerprint density at radius 3 is 3.06 bits per heavy atom. The van der Waals surface area contributed by atoms with E-state index in [4.69, 9.17) is 15.2 Å². The van der Waals surface area contributed by atoms with Crippen LogP contribution in [0.4, 0.5) is 0 Å². The number of piperidine rings is 1. The number of likely N-dealkylation sites (tertiary alicyclic amines) is 1. The molecular formula is C11H22N2O3. The molecule has 0 aromatic rings. The third-order valence-electron chi connectivity index (χ3n) is 2.76. The van der Waals surface area contributed by atoms with E-state index in [0.717, 1.165) is 32.5 Å². The standard InChI is InChI=1S/C11H22N2O3/c1-15-8-10-3-2-5-13(7-10)11(14)9-16-6-4-12/h10H,2-9,12H2,1H3. The van der Waals surface area contributed by atoms with Crippen LogP contribution in [0.3, 0.4) is 0 Å². The van der Waals surface area contributed by atoms with Gasteiger partial charge in [0.25, 0.3) is 0 Å². The van der Waals surface area contributed by atoms with Gasteiger partial charge in [0.15, 0.2) is 0 Å². The van der Waals surface area contributed by atoms with Gasteiger partial charge in [0, 0.05) is 26.7 Å². The molecule has 0 radical (unpaired) electrons. The van der Waals surface area contributed by atoms with Crippen molar-refractivity contribution in [3.63, 3.8) is 0 Å². The lowest BCUT2D eigenvalue weighted by Gasteiger charge is -2.32. The van der Waals surface area contributed by atoms with Gasteiger partial charge in [-0.15, -0.1) is 0 Å². The summed E-state index contributed by atoms with van der Waals surface area (Å²) < 4.78 is 10.3. The highest BCUT2D eigenvalue weighted by atomic mass is 16.5. The van der Waals surface area contributed by atoms with Crippen molar-refractivity contribution in [2.45, 2.75) is 12.8 Å². The largest absolute Gasteiger partial charge is 0.384 e. The van der Waals surface area contributed by atoms with E-state index in [0.29, 0.717) is 19.1 Å². The summed E-state index contributed by atoms with van der Waals surface area (Å²) in [5, 5.41) is 0. The average Bonchev–Trinajstić information content (AvgIpc) is 2.30. The number of hydrogen-bond donors (Lipinski definition) is 1. The quantitative estimate of drug-likeness (QED) is 0.644. The Labute approximate surface area is 96.9 Å². The smallest absolute Gasteiger partial charge is 0.248 e. The Hall–Kier alpha value is -0.650. The number of ether oxygens (including phenoxy) is 2. The summed E-state index contributed by atoms with van der Waals surface area (Å²) in [6.07, 6.45) is 2.19. The Morgan fingerprint density at radius 1 is 1.56 bits per heavy atom. The molecule has 0 spiro atoms. The van der Waals surface area contributed by atoms with Gasteiger partial charge in [-0.25, -0.2) is 0 Å². The topological polar surface area (TPSA) is 64.8 Å². The SMILES string of the molecule is COCC1CCCN(C(=O)COCCN)C1. The number of nitrogens with zero attached hydrogens (tertiary/aromatic N) is 1. The highest BCUT2D eigenvalue weighted by Crippen LogP contribution is 2.16. The van der Waals surface area contributed by atoms with Gasteiger partial charge in [-0.2, -0.15) is 0 Å². The lowest BCUT2D eigenvalue weighted by atomic mass is 9.99. The van der Waals surface area contributed by atoms with Gasteiger partial charge in [0.2, 0.25) is 5.91 Å². The summed E-state index contributed by atoms with van der Waals surface area (Å²) in [5.41, 5.74) is 5.29. The van der Waals surface area contributed by atoms with E-state index in [2.05, 4.69) is 0 Å². The van der Waals surface area contributed by atoms with Crippen LogP contribution in [0.15, 0.2) is 0 Å². The van der Waals surface area contributed by atoms with E-state index in [1.807, 2.05) is 4.90 Å². The molecule has 0 aromatic heterocycles. The van der Waals surface area contributed by atoms with Crippen LogP contribution in [0.5, 0.6) is 0 Å². The molecule has 0 saturated carbocycles. The molecule has 1 saturated heterocycles. The molecule has 0 aliphatic carbocycles. The Bertz CT molecular complexity index is 209. The average molecular weight is 230 g/mol. The molecule has 1 fully saturated rings. The number of carbonyl (C=O) groups excluding carboxylic acids is 1. The summed E-state index contributed by atoms with van der Waals surface area (Å²) >= 11 is 0. The first-order chi connectivity index (χ1) is 7.77. The van der Waals surface area contributed by atoms with Crippen molar-refractivity contribution in [3.8, 4) is 0 Å². The van der Waals surface area contributed by atoms with Gasteiger partial charge in [-0.05, 0) is 18.8 Å². The van der Waals surface area contributed by atoms with E-state index < -0.39 is 0 Å². The van der Waals surface area contributed by atoms with Crippen LogP contribution in [0, 0.1) is 5.92 Å². The van der Waals surface area contributed by atoms with Gasteiger partial charge in [0.1, 0.15) is 6.61 Å². The molecule has 5 heteroatoms. The van der Waals surface area contributed by atoms with Gasteiger partial charge < -0.3 is 20.1 Å². The first kappa shape index (κ1) is 13.4. The Balaban J connectivity index is 2.26. The van der Waals surface area contributed by atoms with Crippen LogP contribution in [0.2, 0.25) is 0 Å². The van der Waals surface area contributed by atoms with Crippen molar-refractivity contribution in [2.24, 2.45) is 11.7 Å². The van der Waals surface area contributed by atoms with Crippen molar-refractivity contribution in [1.29, 1.82) is 0 Å². The molecule has 1 atom stereocenters. The lowest BCUT2D eigenvalue weighted by molar-refractivity contribution is -0.138. The van der Waals surface area contributed by atoms with Crippen LogP contribution >= 0.6 is 0 Å². The molecule has 1 unspecified atom stereocenters. The first-order valence-corrected chi connectivity index (χ1v) is 5.82. The molecule has 2 N–H and O–H groups in total. The Morgan fingerprint density at radius 2 is 2.38 bits per heavy atom. The first-order valence-electron chi connectivity index (χ1n) is 5.82. The molecular weight excluding hydrogens is 208 g/mol. The maximum Gasteiger partial charge on any atom is 0.248 e. The highest BCUT2D eigenvalue weighted by molar-refractivity contribution is 5.77. The zero-order chi connectivity index (χ0) is 11.8. The van der Waals surface area contributed by atoms with Crippen LogP contribution < -0.4 is 5.73 Å². The van der Waals surface area contributed by atoms with Crippen molar-refractivity contribution < 1.29 is 14.3 Å². The number of amides is 1. The number of rotatable bonds is 6. The summed E-state index contributed by atoms with van der Waals surface area (Å²) in [6.45, 7) is 3.41. The summed E-state index contributed by atoms with van der Waals surface area (Å²) in [4.78, 5) is 13.6. The van der Waals surface area contributed by atoms with Crippen LogP contribution in [0.1, 0.15) is 12.8 Å². The van der Waals surface area contributed by atoms with Gasteiger partial charge >= 0.3 is 0 Å². The maximum atomic E-state index is 11.7. The number of carbonyl (C=O) groups is 1. The maximum absolute atomic E-state index is 11.7. The second-order valence-corrected chi connectivity index (χ2v) is 4.14. The van der Waals surface area contributed by atoms with E-state index in [1.165, 1.54) is 0 Å². The van der Waals surface area contributed by atoms with E-state index in [9.17, 15) is 4.79 Å². The molecule has 1 amide bonds. The van der Waals surface area contributed by atoms with Gasteiger partial charge in [-0.3, -0.25) is 4.79 Å². The van der Waals surface area contributed by atoms with Gasteiger partial charge in [-0.1, -0.05) is 0 Å². The minimum absolute atomic E-state index is 0.0641. The fraction of sp³-hybridized carbons (Fsp3) is 0.909. The van der Waals surface area contributed by atoms with Crippen LogP contribution in [0.25, 0.3) is 0 Å². The van der Waals surface area contributed by atoms with E-state index in [-0.39, 0.29) is 12.5 Å². The third kappa shape index (κ3) is 4.47. The van der Waals surface area contributed by atoms with Crippen molar-refractivity contribution in [3.05, 3.63) is 0 Å². The predicted molar refractivity (Wildman–Crippen MR) is 61.1 cm³/mol. The van der Waals surface area contributed by atoms with E-state index >= 15 is 0 Å². The number of nitrogens with two attached hydrogens (primary N) is 1. The molecule has 1 aliphatic heterocycles. The minimum Gasteiger partial charge on any atom is -0.384 e. The fourth-order valence-electron chi connectivity index (χ4n) is 2.00. The predicted octanol–water partition coefficient (Wildman–Crippen LogP) is -0.153. The molecule has 5 nitrogen and oxygen atoms in total. The molecule has 94 valence electrons. The fourth-order valence-corrected chi connectivity index (χ4v) is 2.00. The van der Waals surface area contributed by atoms with Gasteiger partial charge in [0.05, 0.1) is 13.2 Å². The van der Waals surface area contributed by atoms with Crippen LogP contribution in [-0.2, 0) is 14.3 Å². The molecule has 1 aliphatic rings. The zero-order valence-corrected chi connectivity index (χ0v) is 9.98. The molecule has 1 heterocycles. The van der Waals surface area contributed by atoms with Crippen molar-refractivity contribution in [1.82, 2.24) is 4.90 Å². The second kappa shape index (κ2) is 7.60. The zero-order valence-electron chi connectivity index (χ0n) is 9.98. The second-order valence-electron chi connectivity index (χ2n) is 4.14. The molecule has 0 aromatic carbocycles. The summed E-state index contributed by atoms with van der Waals surface area (Å²) in [6, 6.07) is 0. The van der Waals surface area contributed by atoms with E-state index in [1.54, 1.807) is 7.11 Å². The van der Waals surface area contributed by atoms with Crippen molar-refractivity contribution in [2.75, 3.05) is 46.6 Å². The van der Waals surface area contributed by atoms with Crippen LogP contribution in [-0.4, -0.2) is 57.4 Å². The molecule has 1 rings (SSSR count). The Kier molecular flexibility index (Phi) is 6.37. The molecule has 0 bridgehead atoms.